The molecular formula is C16H24ClN3O3. The van der Waals surface area contributed by atoms with E-state index in [1.807, 2.05) is 25.9 Å². The zero-order chi connectivity index (χ0) is 16.8. The van der Waals surface area contributed by atoms with Gasteiger partial charge in [-0.15, -0.1) is 0 Å². The van der Waals surface area contributed by atoms with Crippen LogP contribution in [0.2, 0.25) is 5.02 Å². The van der Waals surface area contributed by atoms with Gasteiger partial charge in [-0.2, -0.15) is 0 Å². The molecule has 0 saturated carbocycles. The summed E-state index contributed by atoms with van der Waals surface area (Å²) in [6, 6.07) is 4.88. The molecule has 128 valence electrons. The summed E-state index contributed by atoms with van der Waals surface area (Å²) in [6.07, 6.45) is -0.159. The number of ether oxygens (including phenoxy) is 2. The Kier molecular flexibility index (Phi) is 6.65. The standard InChI is InChI=1S/C16H24ClN3O3/c1-11-15(18-6-8-22-11)16(21)19-12-4-5-14(13(17)10-12)23-9-7-20(2)3/h4-5,10-11,15,18H,6-9H2,1-3H3,(H,19,21)/t11-,15+/m1/s1. The van der Waals surface area contributed by atoms with Crippen LogP contribution in [0.5, 0.6) is 5.75 Å². The van der Waals surface area contributed by atoms with Crippen LogP contribution in [0.15, 0.2) is 18.2 Å². The third kappa shape index (κ3) is 5.35. The zero-order valence-corrected chi connectivity index (χ0v) is 14.5. The van der Waals surface area contributed by atoms with Crippen molar-refractivity contribution >= 4 is 23.2 Å². The van der Waals surface area contributed by atoms with Crippen molar-refractivity contribution in [1.29, 1.82) is 0 Å². The van der Waals surface area contributed by atoms with Crippen LogP contribution in [0.25, 0.3) is 0 Å². The van der Waals surface area contributed by atoms with Crippen molar-refractivity contribution in [1.82, 2.24) is 10.2 Å². The minimum Gasteiger partial charge on any atom is -0.491 e. The molecule has 7 heteroatoms. The quantitative estimate of drug-likeness (QED) is 0.823. The van der Waals surface area contributed by atoms with Gasteiger partial charge in [0.25, 0.3) is 0 Å². The number of carbonyl (C=O) groups excluding carboxylic acids is 1. The number of carbonyl (C=O) groups is 1. The maximum atomic E-state index is 12.3. The summed E-state index contributed by atoms with van der Waals surface area (Å²) in [5.41, 5.74) is 0.638. The Bertz CT molecular complexity index is 539. The van der Waals surface area contributed by atoms with Gasteiger partial charge >= 0.3 is 0 Å². The monoisotopic (exact) mass is 341 g/mol. The van der Waals surface area contributed by atoms with Gasteiger partial charge in [0, 0.05) is 18.8 Å². The van der Waals surface area contributed by atoms with Crippen LogP contribution in [0.1, 0.15) is 6.92 Å². The SMILES string of the molecule is C[C@H]1OCCN[C@@H]1C(=O)Nc1ccc(OCCN(C)C)c(Cl)c1. The lowest BCUT2D eigenvalue weighted by Crippen LogP contribution is -2.53. The van der Waals surface area contributed by atoms with Crippen LogP contribution in [0.4, 0.5) is 5.69 Å². The summed E-state index contributed by atoms with van der Waals surface area (Å²) < 4.78 is 11.1. The van der Waals surface area contributed by atoms with E-state index in [-0.39, 0.29) is 18.1 Å². The fraction of sp³-hybridized carbons (Fsp3) is 0.562. The molecule has 1 aliphatic heterocycles. The molecule has 2 atom stereocenters. The topological polar surface area (TPSA) is 62.8 Å². The number of hydrogen-bond acceptors (Lipinski definition) is 5. The Morgan fingerprint density at radius 2 is 2.30 bits per heavy atom. The van der Waals surface area contributed by atoms with E-state index in [2.05, 4.69) is 10.6 Å². The second-order valence-corrected chi connectivity index (χ2v) is 6.20. The fourth-order valence-electron chi connectivity index (χ4n) is 2.28. The first-order chi connectivity index (χ1) is 11.0. The molecule has 23 heavy (non-hydrogen) atoms. The van der Waals surface area contributed by atoms with Gasteiger partial charge < -0.3 is 25.0 Å². The first-order valence-electron chi connectivity index (χ1n) is 7.70. The molecule has 1 fully saturated rings. The molecule has 2 N–H and O–H groups in total. The summed E-state index contributed by atoms with van der Waals surface area (Å²) in [5, 5.41) is 6.48. The number of rotatable bonds is 6. The van der Waals surface area contributed by atoms with Crippen LogP contribution in [-0.2, 0) is 9.53 Å². The van der Waals surface area contributed by atoms with Gasteiger partial charge in [-0.25, -0.2) is 0 Å². The van der Waals surface area contributed by atoms with Crippen LogP contribution < -0.4 is 15.4 Å². The van der Waals surface area contributed by atoms with Crippen molar-refractivity contribution in [2.45, 2.75) is 19.1 Å². The van der Waals surface area contributed by atoms with E-state index in [0.717, 1.165) is 6.54 Å². The summed E-state index contributed by atoms with van der Waals surface area (Å²) in [4.78, 5) is 14.3. The molecular weight excluding hydrogens is 318 g/mol. The van der Waals surface area contributed by atoms with Crippen LogP contribution in [-0.4, -0.2) is 63.4 Å². The number of anilines is 1. The lowest BCUT2D eigenvalue weighted by molar-refractivity contribution is -0.123. The fourth-order valence-corrected chi connectivity index (χ4v) is 2.52. The third-order valence-corrected chi connectivity index (χ3v) is 3.89. The minimum absolute atomic E-state index is 0.130. The van der Waals surface area contributed by atoms with Gasteiger partial charge in [-0.1, -0.05) is 11.6 Å². The summed E-state index contributed by atoms with van der Waals surface area (Å²) in [7, 11) is 3.96. The Morgan fingerprint density at radius 1 is 1.52 bits per heavy atom. The maximum Gasteiger partial charge on any atom is 0.244 e. The molecule has 6 nitrogen and oxygen atoms in total. The van der Waals surface area contributed by atoms with E-state index in [1.54, 1.807) is 18.2 Å². The number of benzene rings is 1. The molecule has 1 saturated heterocycles. The molecule has 0 aliphatic carbocycles. The molecule has 1 aromatic rings. The molecule has 1 amide bonds. The summed E-state index contributed by atoms with van der Waals surface area (Å²) >= 11 is 6.21. The van der Waals surface area contributed by atoms with Crippen molar-refractivity contribution in [3.8, 4) is 5.75 Å². The number of nitrogens with zero attached hydrogens (tertiary/aromatic N) is 1. The van der Waals surface area contributed by atoms with Crippen LogP contribution >= 0.6 is 11.6 Å². The average Bonchev–Trinajstić information content (AvgIpc) is 2.49. The average molecular weight is 342 g/mol. The summed E-state index contributed by atoms with van der Waals surface area (Å²) in [6.45, 7) is 4.53. The minimum atomic E-state index is -0.362. The molecule has 1 heterocycles. The number of morpholine rings is 1. The van der Waals surface area contributed by atoms with Gasteiger partial charge in [0.2, 0.25) is 5.91 Å². The van der Waals surface area contributed by atoms with Gasteiger partial charge in [0.05, 0.1) is 17.7 Å². The maximum absolute atomic E-state index is 12.3. The number of amides is 1. The molecule has 2 rings (SSSR count). The second kappa shape index (κ2) is 8.49. The van der Waals surface area contributed by atoms with E-state index < -0.39 is 0 Å². The van der Waals surface area contributed by atoms with Crippen molar-refractivity contribution < 1.29 is 14.3 Å². The normalized spacial score (nSPS) is 21.3. The number of likely N-dealkylation sites (N-methyl/N-ethyl adjacent to an activating group) is 1. The molecule has 0 spiro atoms. The molecule has 1 aliphatic rings. The van der Waals surface area contributed by atoms with Crippen molar-refractivity contribution in [2.24, 2.45) is 0 Å². The highest BCUT2D eigenvalue weighted by molar-refractivity contribution is 6.32. The smallest absolute Gasteiger partial charge is 0.244 e. The molecule has 0 bridgehead atoms. The van der Waals surface area contributed by atoms with E-state index in [0.29, 0.717) is 36.2 Å². The Hall–Kier alpha value is -1.34. The summed E-state index contributed by atoms with van der Waals surface area (Å²) in [5.74, 6) is 0.480. The van der Waals surface area contributed by atoms with Crippen molar-refractivity contribution in [2.75, 3.05) is 45.7 Å². The lowest BCUT2D eigenvalue weighted by atomic mass is 10.1. The van der Waals surface area contributed by atoms with E-state index >= 15 is 0 Å². The Morgan fingerprint density at radius 3 is 2.96 bits per heavy atom. The highest BCUT2D eigenvalue weighted by Gasteiger charge is 2.28. The highest BCUT2D eigenvalue weighted by atomic mass is 35.5. The Labute approximate surface area is 142 Å². The van der Waals surface area contributed by atoms with E-state index in [1.165, 1.54) is 0 Å². The van der Waals surface area contributed by atoms with Gasteiger partial charge in [0.15, 0.2) is 0 Å². The van der Waals surface area contributed by atoms with Gasteiger partial charge in [-0.05, 0) is 39.2 Å². The predicted molar refractivity (Wildman–Crippen MR) is 91.3 cm³/mol. The van der Waals surface area contributed by atoms with Crippen LogP contribution in [0.3, 0.4) is 0 Å². The number of hydrogen-bond donors (Lipinski definition) is 2. The number of halogens is 1. The molecule has 0 aromatic heterocycles. The third-order valence-electron chi connectivity index (χ3n) is 3.59. The first kappa shape index (κ1) is 18.0. The molecule has 0 radical (unpaired) electrons. The van der Waals surface area contributed by atoms with Crippen molar-refractivity contribution in [3.63, 3.8) is 0 Å². The second-order valence-electron chi connectivity index (χ2n) is 5.79. The lowest BCUT2D eigenvalue weighted by Gasteiger charge is -2.29. The van der Waals surface area contributed by atoms with Crippen molar-refractivity contribution in [3.05, 3.63) is 23.2 Å². The van der Waals surface area contributed by atoms with E-state index in [9.17, 15) is 4.79 Å². The largest absolute Gasteiger partial charge is 0.491 e. The van der Waals surface area contributed by atoms with Gasteiger partial charge in [0.1, 0.15) is 18.4 Å². The molecule has 0 unspecified atom stereocenters. The Balaban J connectivity index is 1.93. The van der Waals surface area contributed by atoms with E-state index in [4.69, 9.17) is 21.1 Å². The number of nitrogens with one attached hydrogen (secondary N) is 2. The molecule has 1 aromatic carbocycles. The highest BCUT2D eigenvalue weighted by Crippen LogP contribution is 2.27. The van der Waals surface area contributed by atoms with Crippen LogP contribution in [0, 0.1) is 0 Å². The first-order valence-corrected chi connectivity index (χ1v) is 8.08. The van der Waals surface area contributed by atoms with Gasteiger partial charge in [-0.3, -0.25) is 4.79 Å². The predicted octanol–water partition coefficient (Wildman–Crippen LogP) is 1.60. The zero-order valence-electron chi connectivity index (χ0n) is 13.8.